The van der Waals surface area contributed by atoms with Gasteiger partial charge in [0.2, 0.25) is 0 Å². The molecule has 2 N–H and O–H groups in total. The number of rotatable bonds is 3. The van der Waals surface area contributed by atoms with Crippen LogP contribution in [0.1, 0.15) is 24.2 Å². The number of carbonyl (C=O) groups excluding carboxylic acids is 1. The smallest absolute Gasteiger partial charge is 0.261 e. The van der Waals surface area contributed by atoms with E-state index in [1.54, 1.807) is 30.6 Å². The van der Waals surface area contributed by atoms with E-state index >= 15 is 0 Å². The Kier molecular flexibility index (Phi) is 4.82. The van der Waals surface area contributed by atoms with Gasteiger partial charge in [0.25, 0.3) is 5.91 Å². The molecule has 1 amide bonds. The van der Waals surface area contributed by atoms with Crippen LogP contribution in [-0.4, -0.2) is 66.5 Å². The molecule has 168 valence electrons. The molecule has 1 aromatic carbocycles. The van der Waals surface area contributed by atoms with Gasteiger partial charge in [-0.05, 0) is 32.0 Å². The number of nitrogens with zero attached hydrogens (tertiary/aromatic N) is 4. The van der Waals surface area contributed by atoms with E-state index < -0.39 is 15.4 Å². The molecule has 10 nitrogen and oxygen atoms in total. The third-order valence-corrected chi connectivity index (χ3v) is 7.69. The second-order valence-corrected chi connectivity index (χ2v) is 10.6. The first-order valence-electron chi connectivity index (χ1n) is 10.3. The number of aromatic nitrogens is 3. The average molecular weight is 457 g/mol. The maximum Gasteiger partial charge on any atom is 0.261 e. The summed E-state index contributed by atoms with van der Waals surface area (Å²) in [5.74, 6) is -0.374. The Morgan fingerprint density at radius 1 is 1.25 bits per heavy atom. The number of benzene rings is 1. The number of ether oxygens (including phenoxy) is 1. The van der Waals surface area contributed by atoms with E-state index in [9.17, 15) is 13.2 Å². The zero-order valence-corrected chi connectivity index (χ0v) is 18.6. The van der Waals surface area contributed by atoms with Gasteiger partial charge in [0, 0.05) is 31.0 Å². The Morgan fingerprint density at radius 2 is 2.03 bits per heavy atom. The first-order chi connectivity index (χ1) is 15.2. The van der Waals surface area contributed by atoms with Crippen molar-refractivity contribution >= 4 is 38.5 Å². The minimum absolute atomic E-state index is 0.00464. The fourth-order valence-corrected chi connectivity index (χ4v) is 6.13. The fourth-order valence-electron chi connectivity index (χ4n) is 4.22. The third kappa shape index (κ3) is 3.67. The molecule has 0 bridgehead atoms. The molecule has 1 fully saturated rings. The van der Waals surface area contributed by atoms with Crippen molar-refractivity contribution in [2.45, 2.75) is 24.3 Å². The number of nitrogens with one attached hydrogen (secondary N) is 2. The van der Waals surface area contributed by atoms with Gasteiger partial charge in [-0.15, -0.1) is 0 Å². The summed E-state index contributed by atoms with van der Waals surface area (Å²) in [5, 5.41) is 10.4. The number of anilines is 3. The number of fused-ring (bicyclic) bond motifs is 2. The molecule has 0 unspecified atom stereocenters. The Labute approximate surface area is 185 Å². The van der Waals surface area contributed by atoms with E-state index in [0.717, 1.165) is 0 Å². The van der Waals surface area contributed by atoms with Gasteiger partial charge < -0.3 is 20.3 Å². The molecule has 11 heteroatoms. The highest BCUT2D eigenvalue weighted by atomic mass is 32.2. The molecule has 4 heterocycles. The summed E-state index contributed by atoms with van der Waals surface area (Å²) < 4.78 is 33.0. The van der Waals surface area contributed by atoms with E-state index in [0.29, 0.717) is 54.6 Å². The van der Waals surface area contributed by atoms with E-state index in [-0.39, 0.29) is 16.6 Å². The second kappa shape index (κ2) is 7.45. The largest absolute Gasteiger partial charge is 0.378 e. The Balaban J connectivity index is 1.59. The monoisotopic (exact) mass is 456 g/mol. The minimum atomic E-state index is -3.48. The molecule has 0 spiro atoms. The summed E-state index contributed by atoms with van der Waals surface area (Å²) in [7, 11) is -3.48. The summed E-state index contributed by atoms with van der Waals surface area (Å²) in [6.45, 7) is 5.93. The van der Waals surface area contributed by atoms with Crippen molar-refractivity contribution in [3.05, 3.63) is 42.4 Å². The zero-order chi connectivity index (χ0) is 22.5. The number of carbonyl (C=O) groups is 1. The van der Waals surface area contributed by atoms with E-state index in [4.69, 9.17) is 4.74 Å². The van der Waals surface area contributed by atoms with Crippen molar-refractivity contribution in [1.29, 1.82) is 0 Å². The molecule has 0 atom stereocenters. The molecule has 2 aliphatic heterocycles. The summed E-state index contributed by atoms with van der Waals surface area (Å²) in [6.07, 6.45) is 4.78. The Morgan fingerprint density at radius 3 is 2.81 bits per heavy atom. The van der Waals surface area contributed by atoms with Gasteiger partial charge in [-0.3, -0.25) is 4.79 Å². The number of hydrogen-bond donors (Lipinski definition) is 2. The average Bonchev–Trinajstić information content (AvgIpc) is 3.17. The standard InChI is InChI=1S/C21H24N6O4S/c1-21(2)13-32(29,30)18-11-17(26-6-8-31-9-7-26)15(10-16(18)25-21)24-20(28)14-12-23-27-5-3-4-22-19(14)27/h3-5,10-12,25H,6-9,13H2,1-2H3,(H,24,28). The minimum Gasteiger partial charge on any atom is -0.378 e. The molecule has 2 aliphatic rings. The van der Waals surface area contributed by atoms with Crippen molar-refractivity contribution < 1.29 is 17.9 Å². The molecule has 2 aromatic heterocycles. The van der Waals surface area contributed by atoms with Crippen molar-refractivity contribution in [3.63, 3.8) is 0 Å². The molecule has 0 aliphatic carbocycles. The van der Waals surface area contributed by atoms with Crippen molar-refractivity contribution in [3.8, 4) is 0 Å². The molecule has 0 radical (unpaired) electrons. The third-order valence-electron chi connectivity index (χ3n) is 5.58. The lowest BCUT2D eigenvalue weighted by atomic mass is 10.1. The van der Waals surface area contributed by atoms with Crippen LogP contribution in [0.5, 0.6) is 0 Å². The van der Waals surface area contributed by atoms with Crippen molar-refractivity contribution in [2.75, 3.05) is 47.6 Å². The van der Waals surface area contributed by atoms with Crippen LogP contribution < -0.4 is 15.5 Å². The van der Waals surface area contributed by atoms with Crippen LogP contribution in [0, 0.1) is 0 Å². The van der Waals surface area contributed by atoms with Gasteiger partial charge in [0.1, 0.15) is 5.56 Å². The summed E-state index contributed by atoms with van der Waals surface area (Å²) >= 11 is 0. The summed E-state index contributed by atoms with van der Waals surface area (Å²) in [6, 6.07) is 5.09. The maximum atomic E-state index is 13.2. The quantitative estimate of drug-likeness (QED) is 0.613. The molecule has 0 saturated carbocycles. The van der Waals surface area contributed by atoms with Crippen LogP contribution in [0.3, 0.4) is 0 Å². The first kappa shape index (κ1) is 20.7. The van der Waals surface area contributed by atoms with Gasteiger partial charge in [-0.1, -0.05) is 0 Å². The second-order valence-electron chi connectivity index (χ2n) is 8.63. The molecule has 5 rings (SSSR count). The van der Waals surface area contributed by atoms with E-state index in [1.807, 2.05) is 18.7 Å². The van der Waals surface area contributed by atoms with Gasteiger partial charge in [-0.25, -0.2) is 17.9 Å². The van der Waals surface area contributed by atoms with Gasteiger partial charge >= 0.3 is 0 Å². The van der Waals surface area contributed by atoms with Crippen molar-refractivity contribution in [2.24, 2.45) is 0 Å². The number of sulfone groups is 1. The molecular formula is C21H24N6O4S. The predicted octanol–water partition coefficient (Wildman–Crippen LogP) is 1.80. The maximum absolute atomic E-state index is 13.2. The lowest BCUT2D eigenvalue weighted by Gasteiger charge is -2.36. The Hall–Kier alpha value is -3.18. The number of hydrogen-bond acceptors (Lipinski definition) is 8. The molecule has 3 aromatic rings. The van der Waals surface area contributed by atoms with Crippen LogP contribution >= 0.6 is 0 Å². The van der Waals surface area contributed by atoms with Crippen molar-refractivity contribution in [1.82, 2.24) is 14.6 Å². The highest BCUT2D eigenvalue weighted by molar-refractivity contribution is 7.91. The number of amides is 1. The first-order valence-corrected chi connectivity index (χ1v) is 12.0. The molecule has 32 heavy (non-hydrogen) atoms. The van der Waals surface area contributed by atoms with Crippen LogP contribution in [-0.2, 0) is 14.6 Å². The van der Waals surface area contributed by atoms with E-state index in [1.165, 1.54) is 10.7 Å². The normalized spacial score (nSPS) is 19.2. The highest BCUT2D eigenvalue weighted by Gasteiger charge is 2.36. The lowest BCUT2D eigenvalue weighted by molar-refractivity contribution is 0.102. The summed E-state index contributed by atoms with van der Waals surface area (Å²) in [4.78, 5) is 19.7. The number of morpholine rings is 1. The molecular weight excluding hydrogens is 432 g/mol. The SMILES string of the molecule is CC1(C)CS(=O)(=O)c2cc(N3CCOCC3)c(NC(=O)c3cnn4cccnc34)cc2N1. The van der Waals surface area contributed by atoms with Gasteiger partial charge in [0.05, 0.1) is 47.1 Å². The Bertz CT molecular complexity index is 1310. The van der Waals surface area contributed by atoms with Gasteiger partial charge in [0.15, 0.2) is 15.5 Å². The lowest BCUT2D eigenvalue weighted by Crippen LogP contribution is -2.43. The van der Waals surface area contributed by atoms with Crippen LogP contribution in [0.15, 0.2) is 41.7 Å². The predicted molar refractivity (Wildman–Crippen MR) is 120 cm³/mol. The van der Waals surface area contributed by atoms with Gasteiger partial charge in [-0.2, -0.15) is 5.10 Å². The van der Waals surface area contributed by atoms with E-state index in [2.05, 4.69) is 20.7 Å². The fraction of sp³-hybridized carbons (Fsp3) is 0.381. The highest BCUT2D eigenvalue weighted by Crippen LogP contribution is 2.40. The van der Waals surface area contributed by atoms with Crippen LogP contribution in [0.2, 0.25) is 0 Å². The van der Waals surface area contributed by atoms with Crippen LogP contribution in [0.25, 0.3) is 5.65 Å². The van der Waals surface area contributed by atoms with Crippen LogP contribution in [0.4, 0.5) is 17.1 Å². The topological polar surface area (TPSA) is 118 Å². The summed E-state index contributed by atoms with van der Waals surface area (Å²) in [5.41, 5.74) is 1.79. The zero-order valence-electron chi connectivity index (χ0n) is 17.8. The molecule has 1 saturated heterocycles.